The molecule has 66 valence electrons. The largest absolute Gasteiger partial charge is 0.481 e. The number of esters is 1. The molecule has 1 aliphatic carbocycles. The summed E-state index contributed by atoms with van der Waals surface area (Å²) in [6, 6.07) is 0. The van der Waals surface area contributed by atoms with Crippen molar-refractivity contribution < 1.29 is 19.4 Å². The Morgan fingerprint density at radius 1 is 1.50 bits per heavy atom. The lowest BCUT2D eigenvalue weighted by Crippen LogP contribution is -2.20. The average molecular weight is 170 g/mol. The zero-order valence-electron chi connectivity index (χ0n) is 6.53. The predicted octanol–water partition coefficient (Wildman–Crippen LogP) is 0.413. The van der Waals surface area contributed by atoms with E-state index in [0.717, 1.165) is 0 Å². The fourth-order valence-electron chi connectivity index (χ4n) is 2.17. The van der Waals surface area contributed by atoms with Crippen molar-refractivity contribution in [2.75, 3.05) is 0 Å². The van der Waals surface area contributed by atoms with E-state index in [1.165, 1.54) is 0 Å². The molecule has 0 unspecified atom stereocenters. The summed E-state index contributed by atoms with van der Waals surface area (Å²) in [6.45, 7) is 0. The zero-order valence-corrected chi connectivity index (χ0v) is 6.53. The van der Waals surface area contributed by atoms with Gasteiger partial charge in [-0.15, -0.1) is 0 Å². The Kier molecular flexibility index (Phi) is 1.56. The van der Waals surface area contributed by atoms with Crippen LogP contribution in [-0.4, -0.2) is 23.1 Å². The smallest absolute Gasteiger partial charge is 0.306 e. The van der Waals surface area contributed by atoms with Crippen LogP contribution in [0.4, 0.5) is 0 Å². The van der Waals surface area contributed by atoms with Crippen LogP contribution in [0.3, 0.4) is 0 Å². The first-order valence-electron chi connectivity index (χ1n) is 4.11. The highest BCUT2D eigenvalue weighted by Gasteiger charge is 2.47. The van der Waals surface area contributed by atoms with Crippen molar-refractivity contribution in [2.24, 2.45) is 11.8 Å². The minimum absolute atomic E-state index is 0.0602. The molecule has 0 aromatic rings. The van der Waals surface area contributed by atoms with Gasteiger partial charge in [0.1, 0.15) is 6.10 Å². The van der Waals surface area contributed by atoms with Crippen molar-refractivity contribution in [2.45, 2.75) is 25.4 Å². The Labute approximate surface area is 69.5 Å². The number of fused-ring (bicyclic) bond motifs is 1. The third-order valence-corrected chi connectivity index (χ3v) is 2.76. The molecule has 1 N–H and O–H groups in total. The molecule has 2 fully saturated rings. The van der Waals surface area contributed by atoms with Crippen molar-refractivity contribution in [3.63, 3.8) is 0 Å². The molecule has 0 amide bonds. The highest BCUT2D eigenvalue weighted by Crippen LogP contribution is 2.40. The number of carbonyl (C=O) groups is 2. The molecule has 1 saturated carbocycles. The third-order valence-electron chi connectivity index (χ3n) is 2.76. The standard InChI is InChI=1S/C8H10O4/c9-7-3-5-4(8(10)11)1-2-6(5)12-7/h4-6H,1-3H2,(H,10,11)/t4-,5-,6+/m0/s1. The van der Waals surface area contributed by atoms with Gasteiger partial charge in [-0.3, -0.25) is 9.59 Å². The van der Waals surface area contributed by atoms with E-state index in [1.54, 1.807) is 0 Å². The quantitative estimate of drug-likeness (QED) is 0.579. The number of carboxylic acid groups (broad SMARTS) is 1. The summed E-state index contributed by atoms with van der Waals surface area (Å²) in [5.41, 5.74) is 0. The van der Waals surface area contributed by atoms with Crippen molar-refractivity contribution in [1.29, 1.82) is 0 Å². The van der Waals surface area contributed by atoms with Crippen molar-refractivity contribution >= 4 is 11.9 Å². The minimum Gasteiger partial charge on any atom is -0.481 e. The van der Waals surface area contributed by atoms with E-state index >= 15 is 0 Å². The van der Waals surface area contributed by atoms with E-state index in [9.17, 15) is 9.59 Å². The Hall–Kier alpha value is -1.06. The molecule has 0 aromatic heterocycles. The number of ether oxygens (including phenoxy) is 1. The van der Waals surface area contributed by atoms with Crippen LogP contribution in [0.2, 0.25) is 0 Å². The lowest BCUT2D eigenvalue weighted by atomic mass is 9.94. The molecular weight excluding hydrogens is 160 g/mol. The van der Waals surface area contributed by atoms with Gasteiger partial charge >= 0.3 is 11.9 Å². The highest BCUT2D eigenvalue weighted by atomic mass is 16.6. The van der Waals surface area contributed by atoms with Crippen LogP contribution < -0.4 is 0 Å². The van der Waals surface area contributed by atoms with Gasteiger partial charge in [-0.05, 0) is 12.8 Å². The van der Waals surface area contributed by atoms with Crippen LogP contribution in [0.5, 0.6) is 0 Å². The summed E-state index contributed by atoms with van der Waals surface area (Å²) >= 11 is 0. The number of hydrogen-bond acceptors (Lipinski definition) is 3. The molecule has 4 heteroatoms. The molecule has 1 heterocycles. The lowest BCUT2D eigenvalue weighted by molar-refractivity contribution is -0.143. The number of rotatable bonds is 1. The van der Waals surface area contributed by atoms with Crippen LogP contribution in [-0.2, 0) is 14.3 Å². The fraction of sp³-hybridized carbons (Fsp3) is 0.750. The maximum atomic E-state index is 10.8. The van der Waals surface area contributed by atoms with Gasteiger partial charge in [-0.2, -0.15) is 0 Å². The van der Waals surface area contributed by atoms with Gasteiger partial charge in [0.15, 0.2) is 0 Å². The van der Waals surface area contributed by atoms with Gasteiger partial charge < -0.3 is 9.84 Å². The van der Waals surface area contributed by atoms with E-state index in [0.29, 0.717) is 19.3 Å². The molecule has 0 aromatic carbocycles. The maximum absolute atomic E-state index is 10.8. The molecule has 2 aliphatic rings. The van der Waals surface area contributed by atoms with E-state index in [4.69, 9.17) is 9.84 Å². The van der Waals surface area contributed by atoms with Gasteiger partial charge in [-0.1, -0.05) is 0 Å². The van der Waals surface area contributed by atoms with Crippen molar-refractivity contribution in [3.8, 4) is 0 Å². The number of hydrogen-bond donors (Lipinski definition) is 1. The Bertz CT molecular complexity index is 235. The van der Waals surface area contributed by atoms with E-state index in [1.807, 2.05) is 0 Å². The van der Waals surface area contributed by atoms with Gasteiger partial charge in [-0.25, -0.2) is 0 Å². The van der Waals surface area contributed by atoms with Crippen LogP contribution in [0.15, 0.2) is 0 Å². The summed E-state index contributed by atoms with van der Waals surface area (Å²) in [6.07, 6.45) is 1.55. The minimum atomic E-state index is -0.791. The number of carboxylic acids is 1. The van der Waals surface area contributed by atoms with Crippen LogP contribution >= 0.6 is 0 Å². The first-order chi connectivity index (χ1) is 5.68. The first-order valence-corrected chi connectivity index (χ1v) is 4.11. The average Bonchev–Trinajstić information content (AvgIpc) is 2.43. The van der Waals surface area contributed by atoms with Crippen molar-refractivity contribution in [3.05, 3.63) is 0 Å². The second kappa shape index (κ2) is 2.47. The van der Waals surface area contributed by atoms with Crippen LogP contribution in [0.1, 0.15) is 19.3 Å². The van der Waals surface area contributed by atoms with Crippen molar-refractivity contribution in [1.82, 2.24) is 0 Å². The second-order valence-electron chi connectivity index (χ2n) is 3.42. The topological polar surface area (TPSA) is 63.6 Å². The SMILES string of the molecule is O=C1C[C@H]2[C@@H](C(=O)O)CC[C@H]2O1. The first kappa shape index (κ1) is 7.58. The van der Waals surface area contributed by atoms with Gasteiger partial charge in [0.2, 0.25) is 0 Å². The van der Waals surface area contributed by atoms with Gasteiger partial charge in [0.25, 0.3) is 0 Å². The molecule has 1 aliphatic heterocycles. The van der Waals surface area contributed by atoms with E-state index in [-0.39, 0.29) is 23.9 Å². The second-order valence-corrected chi connectivity index (χ2v) is 3.42. The summed E-state index contributed by atoms with van der Waals surface area (Å²) in [5, 5.41) is 8.78. The summed E-state index contributed by atoms with van der Waals surface area (Å²) in [7, 11) is 0. The zero-order chi connectivity index (χ0) is 8.72. The fourth-order valence-corrected chi connectivity index (χ4v) is 2.17. The molecule has 0 spiro atoms. The molecule has 4 nitrogen and oxygen atoms in total. The Balaban J connectivity index is 2.13. The molecule has 3 atom stereocenters. The normalized spacial score (nSPS) is 39.3. The van der Waals surface area contributed by atoms with Gasteiger partial charge in [0, 0.05) is 5.92 Å². The molecule has 12 heavy (non-hydrogen) atoms. The van der Waals surface area contributed by atoms with Gasteiger partial charge in [0.05, 0.1) is 12.3 Å². The third kappa shape index (κ3) is 0.983. The number of aliphatic carboxylic acids is 1. The van der Waals surface area contributed by atoms with E-state index < -0.39 is 5.97 Å². The van der Waals surface area contributed by atoms with Crippen LogP contribution in [0.25, 0.3) is 0 Å². The molecule has 1 saturated heterocycles. The molecule has 2 rings (SSSR count). The lowest BCUT2D eigenvalue weighted by Gasteiger charge is -2.09. The van der Waals surface area contributed by atoms with Crippen LogP contribution in [0, 0.1) is 11.8 Å². The summed E-state index contributed by atoms with van der Waals surface area (Å²) in [4.78, 5) is 21.5. The monoisotopic (exact) mass is 170 g/mol. The molecule has 0 bridgehead atoms. The summed E-state index contributed by atoms with van der Waals surface area (Å²) in [5.74, 6) is -1.45. The predicted molar refractivity (Wildman–Crippen MR) is 38.3 cm³/mol. The number of carbonyl (C=O) groups excluding carboxylic acids is 1. The Morgan fingerprint density at radius 3 is 2.92 bits per heavy atom. The summed E-state index contributed by atoms with van der Waals surface area (Å²) < 4.78 is 4.96. The molecule has 0 radical (unpaired) electrons. The van der Waals surface area contributed by atoms with E-state index in [2.05, 4.69) is 0 Å². The molecular formula is C8H10O4. The Morgan fingerprint density at radius 2 is 2.25 bits per heavy atom. The highest BCUT2D eigenvalue weighted by molar-refractivity contribution is 5.76. The maximum Gasteiger partial charge on any atom is 0.306 e.